The van der Waals surface area contributed by atoms with E-state index < -0.39 is 0 Å². The van der Waals surface area contributed by atoms with E-state index in [9.17, 15) is 4.39 Å². The summed E-state index contributed by atoms with van der Waals surface area (Å²) in [7, 11) is 1.95. The molecule has 1 fully saturated rings. The maximum absolute atomic E-state index is 13.7. The number of benzene rings is 1. The zero-order valence-electron chi connectivity index (χ0n) is 10.4. The molecule has 1 aromatic carbocycles. The summed E-state index contributed by atoms with van der Waals surface area (Å²) in [5.74, 6) is 0.575. The maximum Gasteiger partial charge on any atom is 0.126 e. The Bertz CT molecular complexity index is 403. The molecule has 0 saturated heterocycles. The highest BCUT2D eigenvalue weighted by atomic mass is 35.5. The van der Waals surface area contributed by atoms with Crippen LogP contribution in [0.2, 0.25) is 5.02 Å². The summed E-state index contributed by atoms with van der Waals surface area (Å²) in [5.41, 5.74) is 0.877. The molecule has 17 heavy (non-hydrogen) atoms. The van der Waals surface area contributed by atoms with Gasteiger partial charge in [0.05, 0.1) is 0 Å². The monoisotopic (exact) mass is 255 g/mol. The molecule has 0 aliphatic heterocycles. The topological polar surface area (TPSA) is 12.0 Å². The molecule has 1 aliphatic carbocycles. The normalized spacial score (nSPS) is 19.1. The van der Waals surface area contributed by atoms with Gasteiger partial charge in [-0.2, -0.15) is 0 Å². The van der Waals surface area contributed by atoms with Crippen molar-refractivity contribution >= 4 is 11.6 Å². The lowest BCUT2D eigenvalue weighted by molar-refractivity contribution is 0.260. The molecule has 1 saturated carbocycles. The molecule has 0 heterocycles. The minimum Gasteiger partial charge on any atom is -0.319 e. The highest BCUT2D eigenvalue weighted by Gasteiger charge is 2.41. The first kappa shape index (κ1) is 12.8. The molecule has 0 spiro atoms. The zero-order valence-corrected chi connectivity index (χ0v) is 11.1. The predicted molar refractivity (Wildman–Crippen MR) is 69.9 cm³/mol. The van der Waals surface area contributed by atoms with Gasteiger partial charge in [-0.15, -0.1) is 0 Å². The average Bonchev–Trinajstić information content (AvgIpc) is 3.07. The van der Waals surface area contributed by atoms with Crippen molar-refractivity contribution in [2.45, 2.75) is 26.2 Å². The van der Waals surface area contributed by atoms with Crippen molar-refractivity contribution in [3.05, 3.63) is 34.6 Å². The number of hydrogen-bond acceptors (Lipinski definition) is 1. The molecule has 0 bridgehead atoms. The molecule has 1 aliphatic rings. The Morgan fingerprint density at radius 1 is 1.47 bits per heavy atom. The van der Waals surface area contributed by atoms with Crippen LogP contribution in [0.15, 0.2) is 18.2 Å². The summed E-state index contributed by atoms with van der Waals surface area (Å²) in [6, 6.07) is 4.82. The zero-order chi connectivity index (χ0) is 12.5. The van der Waals surface area contributed by atoms with Gasteiger partial charge in [0.1, 0.15) is 5.82 Å². The standard InChI is InChI=1S/C14H19ClFN/c1-14(9-17-2,11-3-4-11)8-10-7-12(15)5-6-13(10)16/h5-7,11,17H,3-4,8-9H2,1-2H3. The van der Waals surface area contributed by atoms with Gasteiger partial charge >= 0.3 is 0 Å². The van der Waals surface area contributed by atoms with Gasteiger partial charge in [-0.3, -0.25) is 0 Å². The largest absolute Gasteiger partial charge is 0.319 e. The van der Waals surface area contributed by atoms with E-state index in [4.69, 9.17) is 11.6 Å². The first-order chi connectivity index (χ1) is 8.05. The van der Waals surface area contributed by atoms with Crippen LogP contribution in [0.25, 0.3) is 0 Å². The van der Waals surface area contributed by atoms with Gasteiger partial charge < -0.3 is 5.32 Å². The SMILES string of the molecule is CNCC(C)(Cc1cc(Cl)ccc1F)C1CC1. The lowest BCUT2D eigenvalue weighted by atomic mass is 9.79. The van der Waals surface area contributed by atoms with Crippen LogP contribution in [0.4, 0.5) is 4.39 Å². The summed E-state index contributed by atoms with van der Waals surface area (Å²) < 4.78 is 13.7. The van der Waals surface area contributed by atoms with E-state index in [1.165, 1.54) is 18.9 Å². The number of nitrogens with one attached hydrogen (secondary N) is 1. The molecule has 0 amide bonds. The first-order valence-corrected chi connectivity index (χ1v) is 6.51. The molecule has 1 atom stereocenters. The summed E-state index contributed by atoms with van der Waals surface area (Å²) >= 11 is 5.94. The second kappa shape index (κ2) is 4.95. The van der Waals surface area contributed by atoms with Crippen LogP contribution in [0, 0.1) is 17.2 Å². The second-order valence-electron chi connectivity index (χ2n) is 5.37. The van der Waals surface area contributed by atoms with Crippen LogP contribution in [0.3, 0.4) is 0 Å². The maximum atomic E-state index is 13.7. The van der Waals surface area contributed by atoms with Crippen LogP contribution in [0.5, 0.6) is 0 Å². The Kier molecular flexibility index (Phi) is 3.74. The lowest BCUT2D eigenvalue weighted by Gasteiger charge is -2.30. The molecule has 3 heteroatoms. The van der Waals surface area contributed by atoms with Crippen LogP contribution >= 0.6 is 11.6 Å². The van der Waals surface area contributed by atoms with Crippen molar-refractivity contribution in [3.63, 3.8) is 0 Å². The van der Waals surface area contributed by atoms with Crippen LogP contribution < -0.4 is 5.32 Å². The van der Waals surface area contributed by atoms with E-state index in [2.05, 4.69) is 12.2 Å². The number of hydrogen-bond donors (Lipinski definition) is 1. The van der Waals surface area contributed by atoms with Crippen molar-refractivity contribution in [1.82, 2.24) is 5.32 Å². The Morgan fingerprint density at radius 2 is 2.18 bits per heavy atom. The molecule has 1 N–H and O–H groups in total. The smallest absolute Gasteiger partial charge is 0.126 e. The van der Waals surface area contributed by atoms with Crippen molar-refractivity contribution in [2.24, 2.45) is 11.3 Å². The number of halogens is 2. The van der Waals surface area contributed by atoms with Crippen LogP contribution in [0.1, 0.15) is 25.3 Å². The fraction of sp³-hybridized carbons (Fsp3) is 0.571. The minimum atomic E-state index is -0.141. The summed E-state index contributed by atoms with van der Waals surface area (Å²) in [6.45, 7) is 3.16. The van der Waals surface area contributed by atoms with Gasteiger partial charge in [-0.05, 0) is 61.4 Å². The Labute approximate surface area is 107 Å². The molecular formula is C14H19ClFN. The molecule has 0 aromatic heterocycles. The van der Waals surface area contributed by atoms with E-state index in [0.29, 0.717) is 10.9 Å². The highest BCUT2D eigenvalue weighted by Crippen LogP contribution is 2.47. The molecule has 2 rings (SSSR count). The fourth-order valence-corrected chi connectivity index (χ4v) is 2.84. The van der Waals surface area contributed by atoms with Gasteiger partial charge in [0, 0.05) is 11.6 Å². The van der Waals surface area contributed by atoms with Gasteiger partial charge in [0.25, 0.3) is 0 Å². The lowest BCUT2D eigenvalue weighted by Crippen LogP contribution is -2.34. The highest BCUT2D eigenvalue weighted by molar-refractivity contribution is 6.30. The fourth-order valence-electron chi connectivity index (χ4n) is 2.65. The summed E-state index contributed by atoms with van der Waals surface area (Å²) in [4.78, 5) is 0. The Morgan fingerprint density at radius 3 is 2.76 bits per heavy atom. The quantitative estimate of drug-likeness (QED) is 0.847. The van der Waals surface area contributed by atoms with E-state index in [-0.39, 0.29) is 11.2 Å². The molecule has 1 unspecified atom stereocenters. The molecule has 1 nitrogen and oxygen atoms in total. The summed E-state index contributed by atoms with van der Waals surface area (Å²) in [5, 5.41) is 3.84. The van der Waals surface area contributed by atoms with Gasteiger partial charge in [-0.25, -0.2) is 4.39 Å². The van der Waals surface area contributed by atoms with Crippen molar-refractivity contribution in [1.29, 1.82) is 0 Å². The molecular weight excluding hydrogens is 237 g/mol. The average molecular weight is 256 g/mol. The van der Waals surface area contributed by atoms with Crippen LogP contribution in [-0.2, 0) is 6.42 Å². The predicted octanol–water partition coefficient (Wildman–Crippen LogP) is 3.66. The van der Waals surface area contributed by atoms with Crippen LogP contribution in [-0.4, -0.2) is 13.6 Å². The van der Waals surface area contributed by atoms with Crippen molar-refractivity contribution in [2.75, 3.05) is 13.6 Å². The first-order valence-electron chi connectivity index (χ1n) is 6.14. The van der Waals surface area contributed by atoms with E-state index >= 15 is 0 Å². The van der Waals surface area contributed by atoms with Gasteiger partial charge in [0.2, 0.25) is 0 Å². The second-order valence-corrected chi connectivity index (χ2v) is 5.81. The third kappa shape index (κ3) is 2.99. The van der Waals surface area contributed by atoms with Gasteiger partial charge in [-0.1, -0.05) is 18.5 Å². The van der Waals surface area contributed by atoms with E-state index in [1.807, 2.05) is 7.05 Å². The molecule has 0 radical (unpaired) electrons. The van der Waals surface area contributed by atoms with E-state index in [1.54, 1.807) is 12.1 Å². The Balaban J connectivity index is 2.19. The molecule has 94 valence electrons. The number of rotatable bonds is 5. The van der Waals surface area contributed by atoms with Crippen molar-refractivity contribution in [3.8, 4) is 0 Å². The minimum absolute atomic E-state index is 0.139. The summed E-state index contributed by atoms with van der Waals surface area (Å²) in [6.07, 6.45) is 3.28. The van der Waals surface area contributed by atoms with Gasteiger partial charge in [0.15, 0.2) is 0 Å². The third-order valence-corrected chi connectivity index (χ3v) is 3.98. The van der Waals surface area contributed by atoms with E-state index in [0.717, 1.165) is 18.5 Å². The third-order valence-electron chi connectivity index (χ3n) is 3.75. The molecule has 1 aromatic rings. The Hall–Kier alpha value is -0.600. The van der Waals surface area contributed by atoms with Crippen molar-refractivity contribution < 1.29 is 4.39 Å².